The molecule has 3 fully saturated rings. The lowest BCUT2D eigenvalue weighted by molar-refractivity contribution is 0.382. The topological polar surface area (TPSA) is 69.6 Å². The molecule has 1 aliphatic carbocycles. The molecule has 0 bridgehead atoms. The molecule has 8 heteroatoms. The third-order valence-corrected chi connectivity index (χ3v) is 8.00. The Morgan fingerprint density at radius 3 is 2.20 bits per heavy atom. The van der Waals surface area contributed by atoms with Crippen LogP contribution in [0.15, 0.2) is 12.1 Å². The van der Waals surface area contributed by atoms with Crippen molar-refractivity contribution in [2.45, 2.75) is 50.3 Å². The van der Waals surface area contributed by atoms with E-state index in [1.807, 2.05) is 6.07 Å². The number of aromatic nitrogens is 2. The summed E-state index contributed by atoms with van der Waals surface area (Å²) in [5.74, 6) is 1.79. The summed E-state index contributed by atoms with van der Waals surface area (Å²) >= 11 is 0. The van der Waals surface area contributed by atoms with Gasteiger partial charge in [0.05, 0.1) is 5.25 Å². The molecule has 1 saturated carbocycles. The van der Waals surface area contributed by atoms with E-state index in [4.69, 9.17) is 0 Å². The smallest absolute Gasteiger partial charge is 0.217 e. The molecule has 0 amide bonds. The van der Waals surface area contributed by atoms with Crippen LogP contribution in [0.25, 0.3) is 0 Å². The van der Waals surface area contributed by atoms with Crippen molar-refractivity contribution in [3.05, 3.63) is 12.1 Å². The Labute approximate surface area is 150 Å². The highest BCUT2D eigenvalue weighted by molar-refractivity contribution is 7.90. The van der Waals surface area contributed by atoms with Crippen molar-refractivity contribution in [1.29, 1.82) is 0 Å². The fraction of sp³-hybridized carbons (Fsp3) is 0.765. The molecule has 138 valence electrons. The standard InChI is InChI=1S/C17H27N5O2S/c1-14-4-2-3-9-22(14)17-8-7-16(18-19-17)20-10-12-21(13-11-20)25(23,24)15-5-6-15/h7-8,14-15H,2-6,9-13H2,1H3. The Balaban J connectivity index is 1.38. The average molecular weight is 366 g/mol. The molecule has 3 heterocycles. The average Bonchev–Trinajstić information content (AvgIpc) is 3.48. The predicted molar refractivity (Wildman–Crippen MR) is 98.4 cm³/mol. The van der Waals surface area contributed by atoms with Crippen LogP contribution >= 0.6 is 0 Å². The van der Waals surface area contributed by atoms with Crippen molar-refractivity contribution in [1.82, 2.24) is 14.5 Å². The Hall–Kier alpha value is -1.41. The Morgan fingerprint density at radius 1 is 0.920 bits per heavy atom. The third kappa shape index (κ3) is 3.46. The lowest BCUT2D eigenvalue weighted by atomic mass is 10.0. The van der Waals surface area contributed by atoms with Crippen LogP contribution in [0.1, 0.15) is 39.0 Å². The zero-order chi connectivity index (χ0) is 17.4. The Morgan fingerprint density at radius 2 is 1.60 bits per heavy atom. The quantitative estimate of drug-likeness (QED) is 0.805. The lowest BCUT2D eigenvalue weighted by Crippen LogP contribution is -2.49. The number of piperidine rings is 1. The van der Waals surface area contributed by atoms with Gasteiger partial charge < -0.3 is 9.80 Å². The molecule has 7 nitrogen and oxygen atoms in total. The second-order valence-electron chi connectivity index (χ2n) is 7.42. The largest absolute Gasteiger partial charge is 0.352 e. The number of hydrogen-bond acceptors (Lipinski definition) is 6. The summed E-state index contributed by atoms with van der Waals surface area (Å²) in [7, 11) is -3.06. The molecule has 1 aromatic heterocycles. The minimum absolute atomic E-state index is 0.121. The van der Waals surface area contributed by atoms with E-state index in [0.717, 1.165) is 31.0 Å². The monoisotopic (exact) mass is 365 g/mol. The normalized spacial score (nSPS) is 26.0. The number of hydrogen-bond donors (Lipinski definition) is 0. The van der Waals surface area contributed by atoms with Crippen LogP contribution in [0.4, 0.5) is 11.6 Å². The number of piperazine rings is 1. The second-order valence-corrected chi connectivity index (χ2v) is 9.63. The van der Waals surface area contributed by atoms with Crippen molar-refractivity contribution in [2.24, 2.45) is 0 Å². The third-order valence-electron chi connectivity index (χ3n) is 5.60. The van der Waals surface area contributed by atoms with Gasteiger partial charge in [-0.3, -0.25) is 0 Å². The maximum absolute atomic E-state index is 12.3. The van der Waals surface area contributed by atoms with Crippen LogP contribution in [0.5, 0.6) is 0 Å². The zero-order valence-electron chi connectivity index (χ0n) is 14.8. The van der Waals surface area contributed by atoms with E-state index in [9.17, 15) is 8.42 Å². The van der Waals surface area contributed by atoms with E-state index in [1.165, 1.54) is 19.3 Å². The molecule has 25 heavy (non-hydrogen) atoms. The molecule has 0 N–H and O–H groups in total. The van der Waals surface area contributed by atoms with Crippen molar-refractivity contribution < 1.29 is 8.42 Å². The van der Waals surface area contributed by atoms with Gasteiger partial charge in [-0.2, -0.15) is 4.31 Å². The van der Waals surface area contributed by atoms with Crippen molar-refractivity contribution in [3.63, 3.8) is 0 Å². The van der Waals surface area contributed by atoms with Crippen LogP contribution in [0, 0.1) is 0 Å². The van der Waals surface area contributed by atoms with Crippen LogP contribution in [-0.2, 0) is 10.0 Å². The second kappa shape index (κ2) is 6.72. The molecule has 2 saturated heterocycles. The van der Waals surface area contributed by atoms with Gasteiger partial charge in [-0.25, -0.2) is 8.42 Å². The van der Waals surface area contributed by atoms with Gasteiger partial charge in [0.1, 0.15) is 0 Å². The highest BCUT2D eigenvalue weighted by Crippen LogP contribution is 2.31. The van der Waals surface area contributed by atoms with Gasteiger partial charge in [0.15, 0.2) is 11.6 Å². The lowest BCUT2D eigenvalue weighted by Gasteiger charge is -2.35. The van der Waals surface area contributed by atoms with Gasteiger partial charge in [0.2, 0.25) is 10.0 Å². The molecule has 1 unspecified atom stereocenters. The number of sulfonamides is 1. The van der Waals surface area contributed by atoms with E-state index in [0.29, 0.717) is 32.2 Å². The fourth-order valence-corrected chi connectivity index (χ4v) is 5.65. The first-order chi connectivity index (χ1) is 12.1. The summed E-state index contributed by atoms with van der Waals surface area (Å²) in [6.07, 6.45) is 5.36. The first-order valence-corrected chi connectivity index (χ1v) is 10.9. The van der Waals surface area contributed by atoms with E-state index in [1.54, 1.807) is 4.31 Å². The van der Waals surface area contributed by atoms with Crippen LogP contribution in [-0.4, -0.2) is 66.9 Å². The SMILES string of the molecule is CC1CCCCN1c1ccc(N2CCN(S(=O)(=O)C3CC3)CC2)nn1. The molecule has 0 spiro atoms. The highest BCUT2D eigenvalue weighted by Gasteiger charge is 2.41. The zero-order valence-corrected chi connectivity index (χ0v) is 15.7. The molecule has 0 aromatic carbocycles. The minimum Gasteiger partial charge on any atom is -0.352 e. The van der Waals surface area contributed by atoms with Crippen LogP contribution in [0.2, 0.25) is 0 Å². The van der Waals surface area contributed by atoms with Crippen molar-refractivity contribution in [3.8, 4) is 0 Å². The van der Waals surface area contributed by atoms with Crippen molar-refractivity contribution >= 4 is 21.7 Å². The summed E-state index contributed by atoms with van der Waals surface area (Å²) in [4.78, 5) is 4.47. The van der Waals surface area contributed by atoms with E-state index in [2.05, 4.69) is 33.0 Å². The summed E-state index contributed by atoms with van der Waals surface area (Å²) in [6, 6.07) is 4.59. The molecule has 0 radical (unpaired) electrons. The van der Waals surface area contributed by atoms with Crippen molar-refractivity contribution in [2.75, 3.05) is 42.5 Å². The van der Waals surface area contributed by atoms with Crippen LogP contribution < -0.4 is 9.80 Å². The molecule has 1 atom stereocenters. The summed E-state index contributed by atoms with van der Waals surface area (Å²) < 4.78 is 26.3. The molecule has 4 rings (SSSR count). The van der Waals surface area contributed by atoms with Gasteiger partial charge in [-0.15, -0.1) is 10.2 Å². The molecule has 3 aliphatic rings. The van der Waals surface area contributed by atoms with E-state index in [-0.39, 0.29) is 5.25 Å². The summed E-state index contributed by atoms with van der Waals surface area (Å²) in [5.41, 5.74) is 0. The van der Waals surface area contributed by atoms with E-state index >= 15 is 0 Å². The molecule has 2 aliphatic heterocycles. The Bertz CT molecular complexity index is 696. The van der Waals surface area contributed by atoms with Gasteiger partial charge in [0.25, 0.3) is 0 Å². The summed E-state index contributed by atoms with van der Waals surface area (Å²) in [6.45, 7) is 5.75. The number of nitrogens with zero attached hydrogens (tertiary/aromatic N) is 5. The molecule has 1 aromatic rings. The highest BCUT2D eigenvalue weighted by atomic mass is 32.2. The first-order valence-electron chi connectivity index (χ1n) is 9.40. The van der Waals surface area contributed by atoms with Gasteiger partial charge >= 0.3 is 0 Å². The van der Waals surface area contributed by atoms with E-state index < -0.39 is 10.0 Å². The van der Waals surface area contributed by atoms with Crippen LogP contribution in [0.3, 0.4) is 0 Å². The molecular formula is C17H27N5O2S. The summed E-state index contributed by atoms with van der Waals surface area (Å²) in [5, 5.41) is 8.73. The predicted octanol–water partition coefficient (Wildman–Crippen LogP) is 1.47. The molecular weight excluding hydrogens is 338 g/mol. The Kier molecular flexibility index (Phi) is 4.58. The van der Waals surface area contributed by atoms with Gasteiger partial charge in [-0.1, -0.05) is 0 Å². The maximum Gasteiger partial charge on any atom is 0.217 e. The first kappa shape index (κ1) is 17.0. The number of anilines is 2. The van der Waals surface area contributed by atoms with Gasteiger partial charge in [0, 0.05) is 38.8 Å². The van der Waals surface area contributed by atoms with Gasteiger partial charge in [-0.05, 0) is 51.2 Å². The number of rotatable bonds is 4. The minimum atomic E-state index is -3.06. The maximum atomic E-state index is 12.3. The fourth-order valence-electron chi connectivity index (χ4n) is 3.83.